The van der Waals surface area contributed by atoms with Crippen LogP contribution in [-0.4, -0.2) is 65.3 Å². The molecule has 3 atom stereocenters. The summed E-state index contributed by atoms with van der Waals surface area (Å²) in [6, 6.07) is 10.2. The molecule has 0 spiro atoms. The summed E-state index contributed by atoms with van der Waals surface area (Å²) < 4.78 is 0. The van der Waals surface area contributed by atoms with Crippen molar-refractivity contribution in [2.45, 2.75) is 64.2 Å². The molecule has 240 valence electrons. The van der Waals surface area contributed by atoms with Gasteiger partial charge in [-0.1, -0.05) is 73.4 Å². The minimum absolute atomic E-state index is 0.00794. The first-order chi connectivity index (χ1) is 20.9. The molecule has 11 nitrogen and oxygen atoms in total. The van der Waals surface area contributed by atoms with Crippen molar-refractivity contribution in [2.75, 3.05) is 12.3 Å². The molecule has 6 N–H and O–H groups in total. The molecule has 0 aliphatic heterocycles. The SMILES string of the molecule is CC(C)C[C@H](NC(=O)[C@H](CCC(=O)O)NC(=O)NCc1ccccc1)C(=O)N[C@@H](CS)C(=O)NCCc1ccc(Cl)cc1Cl. The molecule has 0 heterocycles. The van der Waals surface area contributed by atoms with Crippen LogP contribution in [0.1, 0.15) is 44.2 Å². The van der Waals surface area contributed by atoms with Crippen LogP contribution < -0.4 is 26.6 Å². The summed E-state index contributed by atoms with van der Waals surface area (Å²) in [6.45, 7) is 4.15. The van der Waals surface area contributed by atoms with Gasteiger partial charge < -0.3 is 31.7 Å². The lowest BCUT2D eigenvalue weighted by molar-refractivity contribution is -0.137. The van der Waals surface area contributed by atoms with Gasteiger partial charge in [-0.15, -0.1) is 0 Å². The van der Waals surface area contributed by atoms with E-state index in [2.05, 4.69) is 39.2 Å². The van der Waals surface area contributed by atoms with Crippen LogP contribution in [0.5, 0.6) is 0 Å². The molecular formula is C30H39Cl2N5O6S. The molecule has 0 aromatic heterocycles. The van der Waals surface area contributed by atoms with E-state index in [9.17, 15) is 24.0 Å². The first-order valence-electron chi connectivity index (χ1n) is 14.1. The Morgan fingerprint density at radius 3 is 2.11 bits per heavy atom. The molecule has 0 unspecified atom stereocenters. The van der Waals surface area contributed by atoms with Gasteiger partial charge in [0, 0.05) is 35.3 Å². The van der Waals surface area contributed by atoms with Crippen molar-refractivity contribution in [3.05, 3.63) is 69.7 Å². The minimum atomic E-state index is -1.23. The van der Waals surface area contributed by atoms with Gasteiger partial charge in [0.1, 0.15) is 18.1 Å². The largest absolute Gasteiger partial charge is 0.481 e. The van der Waals surface area contributed by atoms with Crippen molar-refractivity contribution in [3.8, 4) is 0 Å². The Labute approximate surface area is 272 Å². The number of amides is 5. The second-order valence-electron chi connectivity index (χ2n) is 10.5. The van der Waals surface area contributed by atoms with Gasteiger partial charge >= 0.3 is 12.0 Å². The Balaban J connectivity index is 2.02. The van der Waals surface area contributed by atoms with Crippen LogP contribution in [-0.2, 0) is 32.1 Å². The topological polar surface area (TPSA) is 166 Å². The standard InChI is InChI=1S/C30H39Cl2N5O6S/c1-18(2)14-24(29(42)36-25(17-44)27(40)33-13-12-20-8-9-21(31)15-22(20)32)35-28(41)23(10-11-26(38)39)37-30(43)34-16-19-6-4-3-5-7-19/h3-9,15,18,23-25,44H,10-14,16-17H2,1-2H3,(H,33,40)(H,35,41)(H,36,42)(H,38,39)(H2,34,37,43)/t23-,24-,25-/m0/s1. The number of hydrogen-bond donors (Lipinski definition) is 7. The van der Waals surface area contributed by atoms with Crippen LogP contribution >= 0.6 is 35.8 Å². The fraction of sp³-hybridized carbons (Fsp3) is 0.433. The van der Waals surface area contributed by atoms with Gasteiger partial charge in [-0.2, -0.15) is 12.6 Å². The summed E-state index contributed by atoms with van der Waals surface area (Å²) in [7, 11) is 0. The highest BCUT2D eigenvalue weighted by molar-refractivity contribution is 7.80. The van der Waals surface area contributed by atoms with E-state index in [-0.39, 0.29) is 44.0 Å². The molecule has 0 aliphatic carbocycles. The Bertz CT molecular complexity index is 1280. The van der Waals surface area contributed by atoms with Crippen molar-refractivity contribution in [1.82, 2.24) is 26.6 Å². The summed E-state index contributed by atoms with van der Waals surface area (Å²) >= 11 is 16.3. The molecular weight excluding hydrogens is 629 g/mol. The molecule has 0 radical (unpaired) electrons. The summed E-state index contributed by atoms with van der Waals surface area (Å²) in [5.74, 6) is -3.00. The third-order valence-corrected chi connectivity index (χ3v) is 7.38. The molecule has 14 heteroatoms. The van der Waals surface area contributed by atoms with Crippen molar-refractivity contribution in [2.24, 2.45) is 5.92 Å². The number of carbonyl (C=O) groups excluding carboxylic acids is 4. The third-order valence-electron chi connectivity index (χ3n) is 6.43. The van der Waals surface area contributed by atoms with Crippen LogP contribution in [0.2, 0.25) is 10.0 Å². The summed E-state index contributed by atoms with van der Waals surface area (Å²) in [5.41, 5.74) is 1.63. The lowest BCUT2D eigenvalue weighted by Gasteiger charge is -2.26. The van der Waals surface area contributed by atoms with E-state index in [1.807, 2.05) is 44.2 Å². The number of hydrogen-bond acceptors (Lipinski definition) is 6. The zero-order valence-electron chi connectivity index (χ0n) is 24.6. The van der Waals surface area contributed by atoms with Crippen molar-refractivity contribution < 1.29 is 29.1 Å². The summed E-state index contributed by atoms with van der Waals surface area (Å²) in [6.07, 6.45) is 0.0700. The maximum absolute atomic E-state index is 13.3. The van der Waals surface area contributed by atoms with E-state index < -0.39 is 47.8 Å². The second kappa shape index (κ2) is 19.0. The first-order valence-corrected chi connectivity index (χ1v) is 15.5. The van der Waals surface area contributed by atoms with Gasteiger partial charge in [-0.3, -0.25) is 19.2 Å². The quantitative estimate of drug-likeness (QED) is 0.128. The maximum atomic E-state index is 13.3. The zero-order valence-corrected chi connectivity index (χ0v) is 27.0. The molecule has 0 saturated carbocycles. The Morgan fingerprint density at radius 2 is 1.50 bits per heavy atom. The fourth-order valence-corrected chi connectivity index (χ4v) is 4.89. The summed E-state index contributed by atoms with van der Waals surface area (Å²) in [5, 5.41) is 23.3. The maximum Gasteiger partial charge on any atom is 0.315 e. The molecule has 2 aromatic carbocycles. The number of halogens is 2. The second-order valence-corrected chi connectivity index (χ2v) is 11.7. The Kier molecular flexibility index (Phi) is 15.9. The average molecular weight is 669 g/mol. The number of carbonyl (C=O) groups is 5. The molecule has 44 heavy (non-hydrogen) atoms. The molecule has 2 rings (SSSR count). The lowest BCUT2D eigenvalue weighted by Crippen LogP contribution is -2.58. The predicted molar refractivity (Wildman–Crippen MR) is 173 cm³/mol. The van der Waals surface area contributed by atoms with Gasteiger partial charge in [-0.25, -0.2) is 4.79 Å². The Hall–Kier alpha value is -3.48. The van der Waals surface area contributed by atoms with E-state index in [1.54, 1.807) is 18.2 Å². The van der Waals surface area contributed by atoms with E-state index >= 15 is 0 Å². The number of benzene rings is 2. The van der Waals surface area contributed by atoms with Gasteiger partial charge in [0.2, 0.25) is 17.7 Å². The van der Waals surface area contributed by atoms with Crippen LogP contribution in [0.3, 0.4) is 0 Å². The highest BCUT2D eigenvalue weighted by Gasteiger charge is 2.30. The van der Waals surface area contributed by atoms with Crippen LogP contribution in [0.25, 0.3) is 0 Å². The number of nitrogens with one attached hydrogen (secondary N) is 5. The zero-order chi connectivity index (χ0) is 32.6. The molecule has 0 fully saturated rings. The van der Waals surface area contributed by atoms with Crippen LogP contribution in [0.15, 0.2) is 48.5 Å². The van der Waals surface area contributed by atoms with Gasteiger partial charge in [0.15, 0.2) is 0 Å². The van der Waals surface area contributed by atoms with Crippen molar-refractivity contribution in [1.29, 1.82) is 0 Å². The molecule has 5 amide bonds. The van der Waals surface area contributed by atoms with Crippen LogP contribution in [0.4, 0.5) is 4.79 Å². The van der Waals surface area contributed by atoms with Gasteiger partial charge in [-0.05, 0) is 48.4 Å². The number of rotatable bonds is 17. The smallest absolute Gasteiger partial charge is 0.315 e. The summed E-state index contributed by atoms with van der Waals surface area (Å²) in [4.78, 5) is 63.1. The highest BCUT2D eigenvalue weighted by atomic mass is 35.5. The van der Waals surface area contributed by atoms with Crippen molar-refractivity contribution in [3.63, 3.8) is 0 Å². The monoisotopic (exact) mass is 667 g/mol. The van der Waals surface area contributed by atoms with Gasteiger partial charge in [0.05, 0.1) is 0 Å². The number of aliphatic carboxylic acids is 1. The van der Waals surface area contributed by atoms with E-state index in [1.165, 1.54) is 0 Å². The highest BCUT2D eigenvalue weighted by Crippen LogP contribution is 2.21. The number of thiol groups is 1. The lowest BCUT2D eigenvalue weighted by atomic mass is 10.0. The molecule has 0 saturated heterocycles. The fourth-order valence-electron chi connectivity index (χ4n) is 4.13. The predicted octanol–water partition coefficient (Wildman–Crippen LogP) is 3.33. The van der Waals surface area contributed by atoms with E-state index in [0.717, 1.165) is 11.1 Å². The Morgan fingerprint density at radius 1 is 0.841 bits per heavy atom. The molecule has 2 aromatic rings. The van der Waals surface area contributed by atoms with Crippen LogP contribution in [0, 0.1) is 5.92 Å². The average Bonchev–Trinajstić information content (AvgIpc) is 2.97. The molecule has 0 bridgehead atoms. The minimum Gasteiger partial charge on any atom is -0.481 e. The van der Waals surface area contributed by atoms with E-state index in [0.29, 0.717) is 16.5 Å². The molecule has 0 aliphatic rings. The normalized spacial score (nSPS) is 12.9. The van der Waals surface area contributed by atoms with Crippen molar-refractivity contribution >= 4 is 65.6 Å². The number of carboxylic acid groups (broad SMARTS) is 1. The van der Waals surface area contributed by atoms with Gasteiger partial charge in [0.25, 0.3) is 0 Å². The number of urea groups is 1. The first kappa shape index (κ1) is 36.7. The third kappa shape index (κ3) is 13.4. The van der Waals surface area contributed by atoms with E-state index in [4.69, 9.17) is 28.3 Å². The number of carboxylic acids is 1.